The lowest BCUT2D eigenvalue weighted by atomic mass is 10.1. The van der Waals surface area contributed by atoms with E-state index in [1.54, 1.807) is 0 Å². The Morgan fingerprint density at radius 1 is 1.15 bits per heavy atom. The zero-order chi connectivity index (χ0) is 14.7. The van der Waals surface area contributed by atoms with Crippen molar-refractivity contribution in [3.63, 3.8) is 0 Å². The van der Waals surface area contributed by atoms with Gasteiger partial charge in [0, 0.05) is 31.0 Å². The number of nitrogens with one attached hydrogen (secondary N) is 1. The molecule has 2 aromatic carbocycles. The molecule has 0 aromatic heterocycles. The normalized spacial score (nSPS) is 12.0. The van der Waals surface area contributed by atoms with Crippen LogP contribution in [-0.2, 0) is 0 Å². The molecule has 2 N–H and O–H groups in total. The molecular weight excluding hydrogens is 255 g/mol. The van der Waals surface area contributed by atoms with E-state index in [-0.39, 0.29) is 17.6 Å². The number of benzene rings is 2. The lowest BCUT2D eigenvalue weighted by molar-refractivity contribution is 0.462. The van der Waals surface area contributed by atoms with Gasteiger partial charge in [0.25, 0.3) is 0 Å². The van der Waals surface area contributed by atoms with Crippen LogP contribution in [0.4, 0.5) is 15.8 Å². The van der Waals surface area contributed by atoms with E-state index in [0.29, 0.717) is 5.56 Å². The molecule has 106 valence electrons. The molecule has 3 nitrogen and oxygen atoms in total. The van der Waals surface area contributed by atoms with Crippen LogP contribution in [-0.4, -0.2) is 19.2 Å². The van der Waals surface area contributed by atoms with E-state index in [1.807, 2.05) is 50.2 Å². The van der Waals surface area contributed by atoms with Crippen LogP contribution in [0.5, 0.6) is 5.75 Å². The van der Waals surface area contributed by atoms with Crippen LogP contribution >= 0.6 is 0 Å². The Morgan fingerprint density at radius 2 is 1.90 bits per heavy atom. The van der Waals surface area contributed by atoms with Crippen molar-refractivity contribution in [3.8, 4) is 5.75 Å². The highest BCUT2D eigenvalue weighted by Gasteiger charge is 2.11. The number of aromatic hydroxyl groups is 1. The maximum atomic E-state index is 13.3. The van der Waals surface area contributed by atoms with Gasteiger partial charge in [-0.3, -0.25) is 0 Å². The third-order valence-electron chi connectivity index (χ3n) is 3.20. The number of phenolic OH excluding ortho intramolecular Hbond substituents is 1. The van der Waals surface area contributed by atoms with Crippen molar-refractivity contribution in [1.82, 2.24) is 0 Å². The highest BCUT2D eigenvalue weighted by Crippen LogP contribution is 2.28. The van der Waals surface area contributed by atoms with Crippen LogP contribution in [0.2, 0.25) is 0 Å². The summed E-state index contributed by atoms with van der Waals surface area (Å²) < 4.78 is 13.3. The third-order valence-corrected chi connectivity index (χ3v) is 3.20. The second-order valence-corrected chi connectivity index (χ2v) is 5.01. The van der Waals surface area contributed by atoms with Gasteiger partial charge in [-0.25, -0.2) is 4.39 Å². The van der Waals surface area contributed by atoms with E-state index in [9.17, 15) is 9.50 Å². The zero-order valence-electron chi connectivity index (χ0n) is 11.9. The van der Waals surface area contributed by atoms with Crippen LogP contribution in [0.3, 0.4) is 0 Å². The Bertz CT molecular complexity index is 599. The van der Waals surface area contributed by atoms with Crippen LogP contribution in [0.15, 0.2) is 42.5 Å². The molecule has 0 amide bonds. The summed E-state index contributed by atoms with van der Waals surface area (Å²) in [4.78, 5) is 2.01. The second kappa shape index (κ2) is 5.82. The summed E-state index contributed by atoms with van der Waals surface area (Å²) in [5, 5.41) is 13.1. The molecule has 2 aromatic rings. The number of phenols is 1. The first kappa shape index (κ1) is 14.2. The van der Waals surface area contributed by atoms with Gasteiger partial charge in [0.1, 0.15) is 11.6 Å². The quantitative estimate of drug-likeness (QED) is 0.891. The summed E-state index contributed by atoms with van der Waals surface area (Å²) in [5.74, 6) is -0.261. The lowest BCUT2D eigenvalue weighted by Crippen LogP contribution is -2.10. The molecule has 0 fully saturated rings. The minimum atomic E-state index is -0.353. The molecule has 4 heteroatoms. The first-order chi connectivity index (χ1) is 9.47. The van der Waals surface area contributed by atoms with Crippen molar-refractivity contribution in [2.24, 2.45) is 0 Å². The Morgan fingerprint density at radius 3 is 2.60 bits per heavy atom. The summed E-state index contributed by atoms with van der Waals surface area (Å²) in [5.41, 5.74) is 2.54. The second-order valence-electron chi connectivity index (χ2n) is 5.01. The van der Waals surface area contributed by atoms with Gasteiger partial charge >= 0.3 is 0 Å². The van der Waals surface area contributed by atoms with Crippen molar-refractivity contribution in [3.05, 3.63) is 53.8 Å². The molecule has 0 aliphatic carbocycles. The Kier molecular flexibility index (Phi) is 4.13. The average molecular weight is 274 g/mol. The molecule has 0 heterocycles. The molecule has 0 saturated carbocycles. The number of anilines is 2. The average Bonchev–Trinajstić information content (AvgIpc) is 2.41. The zero-order valence-corrected chi connectivity index (χ0v) is 11.9. The third kappa shape index (κ3) is 3.20. The molecule has 0 bridgehead atoms. The SMILES string of the molecule is CC(Nc1cccc(N(C)C)c1)c1cc(F)ccc1O. The van der Waals surface area contributed by atoms with Crippen molar-refractivity contribution < 1.29 is 9.50 Å². The molecule has 0 radical (unpaired) electrons. The summed E-state index contributed by atoms with van der Waals surface area (Å²) in [6.07, 6.45) is 0. The molecule has 0 spiro atoms. The van der Waals surface area contributed by atoms with Crippen molar-refractivity contribution in [2.45, 2.75) is 13.0 Å². The van der Waals surface area contributed by atoms with Crippen molar-refractivity contribution >= 4 is 11.4 Å². The molecule has 1 unspecified atom stereocenters. The smallest absolute Gasteiger partial charge is 0.123 e. The number of nitrogens with zero attached hydrogens (tertiary/aromatic N) is 1. The van der Waals surface area contributed by atoms with Crippen molar-refractivity contribution in [2.75, 3.05) is 24.3 Å². The van der Waals surface area contributed by atoms with Gasteiger partial charge in [0.15, 0.2) is 0 Å². The first-order valence-corrected chi connectivity index (χ1v) is 6.49. The maximum Gasteiger partial charge on any atom is 0.123 e. The summed E-state index contributed by atoms with van der Waals surface area (Å²) in [6, 6.07) is 11.7. The Hall–Kier alpha value is -2.23. The van der Waals surface area contributed by atoms with Gasteiger partial charge in [0.05, 0.1) is 6.04 Å². The Labute approximate surface area is 118 Å². The number of rotatable bonds is 4. The fourth-order valence-corrected chi connectivity index (χ4v) is 2.07. The van der Waals surface area contributed by atoms with Gasteiger partial charge in [-0.05, 0) is 43.3 Å². The van der Waals surface area contributed by atoms with Crippen LogP contribution in [0.25, 0.3) is 0 Å². The van der Waals surface area contributed by atoms with Crippen LogP contribution in [0, 0.1) is 5.82 Å². The molecule has 0 saturated heterocycles. The number of halogens is 1. The number of hydrogen-bond donors (Lipinski definition) is 2. The van der Waals surface area contributed by atoms with E-state index < -0.39 is 0 Å². The van der Waals surface area contributed by atoms with Crippen LogP contribution in [0.1, 0.15) is 18.5 Å². The first-order valence-electron chi connectivity index (χ1n) is 6.49. The van der Waals surface area contributed by atoms with Gasteiger partial charge < -0.3 is 15.3 Å². The van der Waals surface area contributed by atoms with Crippen molar-refractivity contribution in [1.29, 1.82) is 0 Å². The fraction of sp³-hybridized carbons (Fsp3) is 0.250. The van der Waals surface area contributed by atoms with Gasteiger partial charge in [-0.1, -0.05) is 6.07 Å². The van der Waals surface area contributed by atoms with Gasteiger partial charge in [-0.2, -0.15) is 0 Å². The van der Waals surface area contributed by atoms with E-state index in [2.05, 4.69) is 5.32 Å². The largest absolute Gasteiger partial charge is 0.508 e. The van der Waals surface area contributed by atoms with Gasteiger partial charge in [0.2, 0.25) is 0 Å². The Balaban J connectivity index is 2.21. The predicted octanol–water partition coefficient (Wildman–Crippen LogP) is 3.77. The standard InChI is InChI=1S/C16H19FN2O/c1-11(15-9-12(17)7-8-16(15)20)18-13-5-4-6-14(10-13)19(2)3/h4-11,18,20H,1-3H3. The minimum Gasteiger partial charge on any atom is -0.508 e. The maximum absolute atomic E-state index is 13.3. The molecule has 0 aliphatic heterocycles. The molecule has 2 rings (SSSR count). The predicted molar refractivity (Wildman–Crippen MR) is 80.9 cm³/mol. The summed E-state index contributed by atoms with van der Waals surface area (Å²) >= 11 is 0. The monoisotopic (exact) mass is 274 g/mol. The molecule has 1 atom stereocenters. The molecule has 20 heavy (non-hydrogen) atoms. The minimum absolute atomic E-state index is 0.0927. The van der Waals surface area contributed by atoms with E-state index in [4.69, 9.17) is 0 Å². The summed E-state index contributed by atoms with van der Waals surface area (Å²) in [7, 11) is 3.95. The fourth-order valence-electron chi connectivity index (χ4n) is 2.07. The highest BCUT2D eigenvalue weighted by molar-refractivity contribution is 5.58. The van der Waals surface area contributed by atoms with E-state index in [1.165, 1.54) is 18.2 Å². The van der Waals surface area contributed by atoms with E-state index >= 15 is 0 Å². The van der Waals surface area contributed by atoms with E-state index in [0.717, 1.165) is 11.4 Å². The number of hydrogen-bond acceptors (Lipinski definition) is 3. The lowest BCUT2D eigenvalue weighted by Gasteiger charge is -2.19. The molecule has 0 aliphatic rings. The topological polar surface area (TPSA) is 35.5 Å². The molecular formula is C16H19FN2O. The van der Waals surface area contributed by atoms with Crippen LogP contribution < -0.4 is 10.2 Å². The van der Waals surface area contributed by atoms with Gasteiger partial charge in [-0.15, -0.1) is 0 Å². The summed E-state index contributed by atoms with van der Waals surface area (Å²) in [6.45, 7) is 1.89. The highest BCUT2D eigenvalue weighted by atomic mass is 19.1.